The molecule has 0 bridgehead atoms. The number of nitrogens with one attached hydrogen (secondary N) is 1. The standard InChI is InChI=1S/C15H18NO5P/c1-10(11-2-5-13(17)6-3-11)8-12-4-7-14(18)9-15(12)16-22(19,20)21/h2-7,9-10,12,17H,8H2,1H3,(H3,16,19,20,21). The van der Waals surface area contributed by atoms with E-state index in [4.69, 9.17) is 9.79 Å². The molecule has 2 atom stereocenters. The fraction of sp³-hybridized carbons (Fsp3) is 0.267. The smallest absolute Gasteiger partial charge is 0.427 e. The Hall–Kier alpha value is -1.88. The van der Waals surface area contributed by atoms with Gasteiger partial charge in [-0.05, 0) is 36.1 Å². The fourth-order valence-electron chi connectivity index (χ4n) is 2.43. The van der Waals surface area contributed by atoms with Crippen molar-refractivity contribution in [3.63, 3.8) is 0 Å². The Kier molecular flexibility index (Phi) is 4.86. The lowest BCUT2D eigenvalue weighted by molar-refractivity contribution is -0.110. The van der Waals surface area contributed by atoms with E-state index in [0.717, 1.165) is 5.56 Å². The lowest BCUT2D eigenvalue weighted by atomic mass is 9.86. The third-order valence-electron chi connectivity index (χ3n) is 3.53. The van der Waals surface area contributed by atoms with Gasteiger partial charge in [0.2, 0.25) is 0 Å². The monoisotopic (exact) mass is 323 g/mol. The van der Waals surface area contributed by atoms with Crippen molar-refractivity contribution in [2.75, 3.05) is 0 Å². The van der Waals surface area contributed by atoms with Crippen LogP contribution in [0, 0.1) is 5.92 Å². The Balaban J connectivity index is 2.14. The highest BCUT2D eigenvalue weighted by molar-refractivity contribution is 7.49. The van der Waals surface area contributed by atoms with Gasteiger partial charge in [-0.2, -0.15) is 0 Å². The first-order valence-electron chi connectivity index (χ1n) is 6.81. The van der Waals surface area contributed by atoms with Crippen LogP contribution in [-0.4, -0.2) is 20.7 Å². The number of phenolic OH excluding ortho intramolecular Hbond substituents is 1. The van der Waals surface area contributed by atoms with Crippen molar-refractivity contribution < 1.29 is 24.3 Å². The second-order valence-corrected chi connectivity index (χ2v) is 6.66. The van der Waals surface area contributed by atoms with Gasteiger partial charge in [-0.3, -0.25) is 9.88 Å². The number of phenols is 1. The maximum Gasteiger partial charge on any atom is 0.427 e. The fourth-order valence-corrected chi connectivity index (χ4v) is 3.00. The van der Waals surface area contributed by atoms with E-state index in [1.165, 1.54) is 12.2 Å². The summed E-state index contributed by atoms with van der Waals surface area (Å²) in [4.78, 5) is 29.5. The number of ketones is 1. The highest BCUT2D eigenvalue weighted by Gasteiger charge is 2.25. The minimum Gasteiger partial charge on any atom is -0.508 e. The topological polar surface area (TPSA) is 107 Å². The van der Waals surface area contributed by atoms with Crippen molar-refractivity contribution in [3.8, 4) is 5.75 Å². The summed E-state index contributed by atoms with van der Waals surface area (Å²) < 4.78 is 11.1. The second-order valence-electron chi connectivity index (χ2n) is 5.35. The molecule has 6 nitrogen and oxygen atoms in total. The van der Waals surface area contributed by atoms with E-state index in [9.17, 15) is 14.5 Å². The van der Waals surface area contributed by atoms with Crippen LogP contribution in [0.1, 0.15) is 24.8 Å². The molecule has 0 amide bonds. The van der Waals surface area contributed by atoms with Gasteiger partial charge in [-0.1, -0.05) is 25.1 Å². The van der Waals surface area contributed by atoms with Gasteiger partial charge in [0.05, 0.1) is 0 Å². The van der Waals surface area contributed by atoms with Gasteiger partial charge in [-0.15, -0.1) is 0 Å². The Morgan fingerprint density at radius 2 is 1.91 bits per heavy atom. The van der Waals surface area contributed by atoms with Crippen molar-refractivity contribution in [3.05, 3.63) is 53.8 Å². The van der Waals surface area contributed by atoms with E-state index in [1.54, 1.807) is 30.3 Å². The number of aromatic hydroxyl groups is 1. The zero-order valence-corrected chi connectivity index (χ0v) is 12.9. The van der Waals surface area contributed by atoms with Crippen molar-refractivity contribution in [1.82, 2.24) is 5.09 Å². The minimum absolute atomic E-state index is 0.0884. The molecule has 0 spiro atoms. The minimum atomic E-state index is -4.46. The molecule has 2 unspecified atom stereocenters. The van der Waals surface area contributed by atoms with Crippen LogP contribution in [0.2, 0.25) is 0 Å². The van der Waals surface area contributed by atoms with Crippen LogP contribution >= 0.6 is 7.75 Å². The van der Waals surface area contributed by atoms with Gasteiger partial charge in [0.25, 0.3) is 0 Å². The van der Waals surface area contributed by atoms with Crippen molar-refractivity contribution in [1.29, 1.82) is 0 Å². The number of carbonyl (C=O) groups is 1. The number of hydrogen-bond acceptors (Lipinski definition) is 3. The third kappa shape index (κ3) is 4.56. The lowest BCUT2D eigenvalue weighted by Crippen LogP contribution is -2.21. The van der Waals surface area contributed by atoms with Gasteiger partial charge in [0, 0.05) is 17.7 Å². The molecule has 0 fully saturated rings. The van der Waals surface area contributed by atoms with Crippen molar-refractivity contribution in [2.24, 2.45) is 5.92 Å². The molecule has 0 saturated carbocycles. The van der Waals surface area contributed by atoms with E-state index in [1.807, 2.05) is 6.92 Å². The lowest BCUT2D eigenvalue weighted by Gasteiger charge is -2.24. The zero-order valence-electron chi connectivity index (χ0n) is 12.0. The Morgan fingerprint density at radius 1 is 1.27 bits per heavy atom. The molecule has 0 aromatic heterocycles. The van der Waals surface area contributed by atoms with E-state index < -0.39 is 7.75 Å². The number of carbonyl (C=O) groups excluding carboxylic acids is 1. The molecular formula is C15H18NO5P. The maximum atomic E-state index is 11.4. The molecule has 7 heteroatoms. The average molecular weight is 323 g/mol. The van der Waals surface area contributed by atoms with Gasteiger partial charge in [0.1, 0.15) is 5.75 Å². The van der Waals surface area contributed by atoms with Crippen molar-refractivity contribution >= 4 is 13.5 Å². The third-order valence-corrected chi connectivity index (χ3v) is 4.08. The normalized spacial score (nSPS) is 19.7. The van der Waals surface area contributed by atoms with Crippen molar-refractivity contribution in [2.45, 2.75) is 19.3 Å². The van der Waals surface area contributed by atoms with Crippen LogP contribution in [0.25, 0.3) is 0 Å². The molecule has 1 aliphatic carbocycles. The molecule has 118 valence electrons. The zero-order chi connectivity index (χ0) is 16.3. The predicted octanol–water partition coefficient (Wildman–Crippen LogP) is 2.21. The second kappa shape index (κ2) is 6.48. The summed E-state index contributed by atoms with van der Waals surface area (Å²) in [6.45, 7) is 1.98. The van der Waals surface area contributed by atoms with E-state index in [2.05, 4.69) is 5.09 Å². The summed E-state index contributed by atoms with van der Waals surface area (Å²) in [7, 11) is -4.46. The molecule has 2 rings (SSSR count). The first kappa shape index (κ1) is 16.5. The number of benzene rings is 1. The summed E-state index contributed by atoms with van der Waals surface area (Å²) in [6.07, 6.45) is 4.84. The van der Waals surface area contributed by atoms with Gasteiger partial charge >= 0.3 is 7.75 Å². The van der Waals surface area contributed by atoms with Gasteiger partial charge < -0.3 is 14.9 Å². The molecule has 22 heavy (non-hydrogen) atoms. The van der Waals surface area contributed by atoms with E-state index in [0.29, 0.717) is 6.42 Å². The van der Waals surface area contributed by atoms with Crippen LogP contribution in [0.15, 0.2) is 48.2 Å². The quantitative estimate of drug-likeness (QED) is 0.619. The Morgan fingerprint density at radius 3 is 2.50 bits per heavy atom. The molecule has 0 aliphatic heterocycles. The van der Waals surface area contributed by atoms with Gasteiger partial charge in [-0.25, -0.2) is 4.57 Å². The van der Waals surface area contributed by atoms with Crippen LogP contribution in [0.5, 0.6) is 5.75 Å². The average Bonchev–Trinajstić information content (AvgIpc) is 2.41. The summed E-state index contributed by atoms with van der Waals surface area (Å²) in [5.41, 5.74) is 1.23. The number of rotatable bonds is 5. The van der Waals surface area contributed by atoms with Crippen LogP contribution in [-0.2, 0) is 9.36 Å². The first-order chi connectivity index (χ1) is 10.2. The molecular weight excluding hydrogens is 305 g/mol. The van der Waals surface area contributed by atoms with E-state index in [-0.39, 0.29) is 29.1 Å². The van der Waals surface area contributed by atoms with E-state index >= 15 is 0 Å². The van der Waals surface area contributed by atoms with Crippen LogP contribution in [0.4, 0.5) is 0 Å². The first-order valence-corrected chi connectivity index (χ1v) is 8.42. The molecule has 4 N–H and O–H groups in total. The molecule has 1 aromatic carbocycles. The summed E-state index contributed by atoms with van der Waals surface area (Å²) >= 11 is 0. The summed E-state index contributed by atoms with van der Waals surface area (Å²) in [5, 5.41) is 11.4. The highest BCUT2D eigenvalue weighted by atomic mass is 31.2. The summed E-state index contributed by atoms with van der Waals surface area (Å²) in [6, 6.07) is 6.79. The number of hydrogen-bond donors (Lipinski definition) is 4. The van der Waals surface area contributed by atoms with Crippen LogP contribution in [0.3, 0.4) is 0 Å². The number of allylic oxidation sites excluding steroid dienone is 3. The highest BCUT2D eigenvalue weighted by Crippen LogP contribution is 2.36. The van der Waals surface area contributed by atoms with Crippen LogP contribution < -0.4 is 5.09 Å². The van der Waals surface area contributed by atoms with Gasteiger partial charge in [0.15, 0.2) is 5.78 Å². The Bertz CT molecular complexity index is 659. The Labute approximate surface area is 128 Å². The largest absolute Gasteiger partial charge is 0.508 e. The molecule has 0 saturated heterocycles. The SMILES string of the molecule is CC(CC1C=CC(=O)C=C1NP(=O)(O)O)c1ccc(O)cc1. The molecule has 1 aliphatic rings. The molecule has 0 heterocycles. The maximum absolute atomic E-state index is 11.4. The molecule has 0 radical (unpaired) electrons. The summed E-state index contributed by atoms with van der Waals surface area (Å²) in [5.74, 6) is -0.313. The molecule has 1 aromatic rings. The predicted molar refractivity (Wildman–Crippen MR) is 82.0 cm³/mol.